The maximum absolute atomic E-state index is 13.0. The minimum absolute atomic E-state index is 0.0671. The molecule has 18 heavy (non-hydrogen) atoms. The third-order valence-electron chi connectivity index (χ3n) is 2.16. The predicted molar refractivity (Wildman–Crippen MR) is 69.4 cm³/mol. The van der Waals surface area contributed by atoms with Crippen LogP contribution in [0.2, 0.25) is 0 Å². The van der Waals surface area contributed by atoms with Crippen molar-refractivity contribution in [2.24, 2.45) is 5.73 Å². The Morgan fingerprint density at radius 2 is 2.11 bits per heavy atom. The molecular weight excluding hydrogens is 301 g/mol. The number of nitrogens with one attached hydrogen (secondary N) is 1. The summed E-state index contributed by atoms with van der Waals surface area (Å²) in [6, 6.07) is 7.42. The summed E-state index contributed by atoms with van der Waals surface area (Å²) in [6.07, 6.45) is 1.49. The zero-order valence-electron chi connectivity index (χ0n) is 9.15. The van der Waals surface area contributed by atoms with Crippen LogP contribution in [-0.2, 0) is 0 Å². The smallest absolute Gasteiger partial charge is 0.219 e. The maximum Gasteiger partial charge on any atom is 0.219 e. The SMILES string of the molecule is N=C(N)c1ccnc(Oc2ccc(F)c(Br)c2)c1. The van der Waals surface area contributed by atoms with Crippen molar-refractivity contribution in [3.8, 4) is 11.6 Å². The lowest BCUT2D eigenvalue weighted by Crippen LogP contribution is -2.11. The molecule has 0 saturated carbocycles. The molecule has 0 radical (unpaired) electrons. The number of nitrogens with zero attached hydrogens (tertiary/aromatic N) is 1. The summed E-state index contributed by atoms with van der Waals surface area (Å²) in [6.45, 7) is 0. The maximum atomic E-state index is 13.0. The number of hydrogen-bond acceptors (Lipinski definition) is 3. The molecule has 6 heteroatoms. The summed E-state index contributed by atoms with van der Waals surface area (Å²) in [5.41, 5.74) is 5.88. The van der Waals surface area contributed by atoms with E-state index in [1.165, 1.54) is 24.4 Å². The molecule has 92 valence electrons. The topological polar surface area (TPSA) is 72.0 Å². The number of hydrogen-bond donors (Lipinski definition) is 2. The van der Waals surface area contributed by atoms with Crippen molar-refractivity contribution in [1.82, 2.24) is 4.98 Å². The van der Waals surface area contributed by atoms with Crippen molar-refractivity contribution in [3.63, 3.8) is 0 Å². The van der Waals surface area contributed by atoms with Gasteiger partial charge in [0.1, 0.15) is 17.4 Å². The van der Waals surface area contributed by atoms with Gasteiger partial charge in [-0.1, -0.05) is 0 Å². The molecule has 2 aromatic rings. The molecule has 1 aromatic carbocycles. The molecule has 0 fully saturated rings. The molecule has 0 amide bonds. The lowest BCUT2D eigenvalue weighted by atomic mass is 10.2. The Labute approximate surface area is 111 Å². The van der Waals surface area contributed by atoms with Crippen LogP contribution in [0, 0.1) is 11.2 Å². The van der Waals surface area contributed by atoms with Gasteiger partial charge in [0.25, 0.3) is 0 Å². The summed E-state index contributed by atoms with van der Waals surface area (Å²) in [7, 11) is 0. The lowest BCUT2D eigenvalue weighted by Gasteiger charge is -2.06. The van der Waals surface area contributed by atoms with Gasteiger partial charge in [-0.3, -0.25) is 5.41 Å². The van der Waals surface area contributed by atoms with Gasteiger partial charge in [0.15, 0.2) is 0 Å². The van der Waals surface area contributed by atoms with Crippen molar-refractivity contribution in [1.29, 1.82) is 5.41 Å². The highest BCUT2D eigenvalue weighted by Gasteiger charge is 2.05. The third kappa shape index (κ3) is 2.84. The Morgan fingerprint density at radius 3 is 2.78 bits per heavy atom. The number of nitrogens with two attached hydrogens (primary N) is 1. The number of aromatic nitrogens is 1. The molecule has 2 rings (SSSR count). The summed E-state index contributed by atoms with van der Waals surface area (Å²) in [5.74, 6) is 0.299. The summed E-state index contributed by atoms with van der Waals surface area (Å²) >= 11 is 3.07. The number of rotatable bonds is 3. The monoisotopic (exact) mass is 309 g/mol. The highest BCUT2D eigenvalue weighted by Crippen LogP contribution is 2.25. The largest absolute Gasteiger partial charge is 0.439 e. The van der Waals surface area contributed by atoms with Crippen molar-refractivity contribution in [2.75, 3.05) is 0 Å². The molecule has 3 N–H and O–H groups in total. The molecule has 0 spiro atoms. The van der Waals surface area contributed by atoms with Gasteiger partial charge in [-0.25, -0.2) is 9.37 Å². The van der Waals surface area contributed by atoms with E-state index in [1.807, 2.05) is 0 Å². The van der Waals surface area contributed by atoms with Gasteiger partial charge in [-0.15, -0.1) is 0 Å². The quantitative estimate of drug-likeness (QED) is 0.676. The van der Waals surface area contributed by atoms with Gasteiger partial charge in [-0.2, -0.15) is 0 Å². The molecular formula is C12H9BrFN3O. The first-order valence-corrected chi connectivity index (χ1v) is 5.79. The lowest BCUT2D eigenvalue weighted by molar-refractivity contribution is 0.460. The number of nitrogen functional groups attached to an aromatic ring is 1. The highest BCUT2D eigenvalue weighted by molar-refractivity contribution is 9.10. The standard InChI is InChI=1S/C12H9BrFN3O/c13-9-6-8(1-2-10(9)14)18-11-5-7(12(15)16)3-4-17-11/h1-6H,(H3,15,16). The summed E-state index contributed by atoms with van der Waals surface area (Å²) in [5, 5.41) is 7.31. The molecule has 0 aliphatic rings. The van der Waals surface area contributed by atoms with Crippen LogP contribution < -0.4 is 10.5 Å². The summed E-state index contributed by atoms with van der Waals surface area (Å²) < 4.78 is 18.8. The zero-order valence-corrected chi connectivity index (χ0v) is 10.7. The second-order valence-corrected chi connectivity index (χ2v) is 4.33. The minimum atomic E-state index is -0.368. The van der Waals surface area contributed by atoms with Crippen LogP contribution in [0.4, 0.5) is 4.39 Å². The molecule has 1 aromatic heterocycles. The number of benzene rings is 1. The Hall–Kier alpha value is -1.95. The van der Waals surface area contributed by atoms with E-state index < -0.39 is 0 Å². The van der Waals surface area contributed by atoms with Crippen LogP contribution in [0.1, 0.15) is 5.56 Å². The summed E-state index contributed by atoms with van der Waals surface area (Å²) in [4.78, 5) is 3.99. The Kier molecular flexibility index (Phi) is 3.57. The van der Waals surface area contributed by atoms with E-state index in [9.17, 15) is 4.39 Å². The third-order valence-corrected chi connectivity index (χ3v) is 2.77. The predicted octanol–water partition coefficient (Wildman–Crippen LogP) is 3.06. The van der Waals surface area contributed by atoms with E-state index in [0.717, 1.165) is 0 Å². The van der Waals surface area contributed by atoms with Gasteiger partial charge in [0, 0.05) is 17.8 Å². The van der Waals surface area contributed by atoms with Gasteiger partial charge >= 0.3 is 0 Å². The van der Waals surface area contributed by atoms with Crippen molar-refractivity contribution in [2.45, 2.75) is 0 Å². The normalized spacial score (nSPS) is 10.1. The van der Waals surface area contributed by atoms with Gasteiger partial charge in [0.2, 0.25) is 5.88 Å². The first kappa shape index (κ1) is 12.5. The van der Waals surface area contributed by atoms with Crippen molar-refractivity contribution < 1.29 is 9.13 Å². The van der Waals surface area contributed by atoms with Crippen LogP contribution in [0.25, 0.3) is 0 Å². The minimum Gasteiger partial charge on any atom is -0.439 e. The van der Waals surface area contributed by atoms with Crippen LogP contribution >= 0.6 is 15.9 Å². The van der Waals surface area contributed by atoms with Gasteiger partial charge in [-0.05, 0) is 40.2 Å². The molecule has 0 bridgehead atoms. The fraction of sp³-hybridized carbons (Fsp3) is 0. The fourth-order valence-corrected chi connectivity index (χ4v) is 1.65. The second kappa shape index (κ2) is 5.14. The van der Waals surface area contributed by atoms with Crippen LogP contribution in [0.3, 0.4) is 0 Å². The molecule has 0 aliphatic carbocycles. The molecule has 4 nitrogen and oxygen atoms in total. The number of halogens is 2. The van der Waals surface area contributed by atoms with E-state index in [0.29, 0.717) is 21.7 Å². The number of ether oxygens (including phenoxy) is 1. The van der Waals surface area contributed by atoms with Crippen LogP contribution in [-0.4, -0.2) is 10.8 Å². The Morgan fingerprint density at radius 1 is 1.33 bits per heavy atom. The van der Waals surface area contributed by atoms with Crippen molar-refractivity contribution >= 4 is 21.8 Å². The average Bonchev–Trinajstić information content (AvgIpc) is 2.34. The van der Waals surface area contributed by atoms with E-state index in [4.69, 9.17) is 15.9 Å². The van der Waals surface area contributed by atoms with E-state index in [-0.39, 0.29) is 11.7 Å². The van der Waals surface area contributed by atoms with Crippen molar-refractivity contribution in [3.05, 3.63) is 52.4 Å². The van der Waals surface area contributed by atoms with Gasteiger partial charge < -0.3 is 10.5 Å². The number of pyridine rings is 1. The Balaban J connectivity index is 2.25. The number of amidine groups is 1. The zero-order chi connectivity index (χ0) is 13.1. The molecule has 0 aliphatic heterocycles. The Bertz CT molecular complexity index is 604. The van der Waals surface area contributed by atoms with Gasteiger partial charge in [0.05, 0.1) is 4.47 Å². The van der Waals surface area contributed by atoms with Crippen LogP contribution in [0.15, 0.2) is 41.0 Å². The highest BCUT2D eigenvalue weighted by atomic mass is 79.9. The van der Waals surface area contributed by atoms with E-state index in [1.54, 1.807) is 12.1 Å². The molecule has 0 unspecified atom stereocenters. The van der Waals surface area contributed by atoms with E-state index >= 15 is 0 Å². The first-order valence-electron chi connectivity index (χ1n) is 4.99. The molecule has 0 atom stereocenters. The second-order valence-electron chi connectivity index (χ2n) is 3.47. The molecule has 0 saturated heterocycles. The van der Waals surface area contributed by atoms with Crippen LogP contribution in [0.5, 0.6) is 11.6 Å². The fourth-order valence-electron chi connectivity index (χ4n) is 1.29. The van der Waals surface area contributed by atoms with E-state index in [2.05, 4.69) is 20.9 Å². The first-order chi connectivity index (χ1) is 8.56. The average molecular weight is 310 g/mol. The molecule has 1 heterocycles.